The molecule has 1 aromatic heterocycles. The first-order valence-electron chi connectivity index (χ1n) is 2.83. The highest BCUT2D eigenvalue weighted by atomic mass is 79.9. The Morgan fingerprint density at radius 3 is 2.73 bits per heavy atom. The first kappa shape index (κ1) is 8.00. The third-order valence-corrected chi connectivity index (χ3v) is 1.35. The van der Waals surface area contributed by atoms with Crippen LogP contribution in [0.5, 0.6) is 0 Å². The van der Waals surface area contributed by atoms with Crippen molar-refractivity contribution in [1.29, 1.82) is 0 Å². The normalized spacial score (nSPS) is 10.6. The molecule has 0 saturated heterocycles. The number of aromatic amines is 2. The summed E-state index contributed by atoms with van der Waals surface area (Å²) in [4.78, 5) is 27.3. The summed E-state index contributed by atoms with van der Waals surface area (Å²) in [5, 5.41) is 0. The van der Waals surface area contributed by atoms with Gasteiger partial charge in [-0.1, -0.05) is 15.9 Å². The summed E-state index contributed by atoms with van der Waals surface area (Å²) in [7, 11) is 0. The standard InChI is InChI=1S/C6H5BrN2O2/c7-2-1-4-3-8-6(11)9-5(4)10/h1-3H,(H2,8,9,10,11)/b2-1+/i7+0. The first-order valence-corrected chi connectivity index (χ1v) is 3.74. The largest absolute Gasteiger partial charge is 0.325 e. The second-order valence-corrected chi connectivity index (χ2v) is 2.35. The molecule has 4 nitrogen and oxygen atoms in total. The van der Waals surface area contributed by atoms with E-state index in [0.29, 0.717) is 5.56 Å². The van der Waals surface area contributed by atoms with Crippen molar-refractivity contribution in [1.82, 2.24) is 9.97 Å². The summed E-state index contributed by atoms with van der Waals surface area (Å²) < 4.78 is 0. The average Bonchev–Trinajstić information content (AvgIpc) is 1.95. The fraction of sp³-hybridized carbons (Fsp3) is 0. The average molecular weight is 217 g/mol. The van der Waals surface area contributed by atoms with E-state index in [0.717, 1.165) is 0 Å². The van der Waals surface area contributed by atoms with Crippen LogP contribution in [0, 0.1) is 0 Å². The van der Waals surface area contributed by atoms with Crippen molar-refractivity contribution in [3.63, 3.8) is 0 Å². The summed E-state index contributed by atoms with van der Waals surface area (Å²) in [6, 6.07) is 0. The topological polar surface area (TPSA) is 65.7 Å². The molecule has 2 N–H and O–H groups in total. The molecule has 0 aliphatic heterocycles. The lowest BCUT2D eigenvalue weighted by Gasteiger charge is -1.87. The van der Waals surface area contributed by atoms with Gasteiger partial charge in [0.15, 0.2) is 0 Å². The number of hydrogen-bond acceptors (Lipinski definition) is 2. The molecule has 0 aliphatic carbocycles. The zero-order chi connectivity index (χ0) is 8.27. The monoisotopic (exact) mass is 217 g/mol. The molecule has 0 aromatic carbocycles. The Balaban J connectivity index is 3.31. The molecule has 0 bridgehead atoms. The molecule has 0 radical (unpaired) electrons. The van der Waals surface area contributed by atoms with Gasteiger partial charge in [-0.3, -0.25) is 9.78 Å². The smallest absolute Gasteiger partial charge is 0.314 e. The van der Waals surface area contributed by atoms with E-state index in [1.165, 1.54) is 17.3 Å². The summed E-state index contributed by atoms with van der Waals surface area (Å²) in [5.74, 6) is 0. The Labute approximate surface area is 70.1 Å². The van der Waals surface area contributed by atoms with Crippen LogP contribution in [0.2, 0.25) is 0 Å². The lowest BCUT2D eigenvalue weighted by molar-refractivity contribution is 1.03. The van der Waals surface area contributed by atoms with Crippen molar-refractivity contribution < 1.29 is 0 Å². The van der Waals surface area contributed by atoms with Gasteiger partial charge >= 0.3 is 5.69 Å². The molecule has 0 fully saturated rings. The van der Waals surface area contributed by atoms with Gasteiger partial charge in [0.1, 0.15) is 0 Å². The third kappa shape index (κ3) is 1.91. The second kappa shape index (κ2) is 3.34. The van der Waals surface area contributed by atoms with Crippen LogP contribution in [0.15, 0.2) is 20.8 Å². The maximum Gasteiger partial charge on any atom is 0.325 e. The van der Waals surface area contributed by atoms with Crippen molar-refractivity contribution >= 4 is 22.0 Å². The van der Waals surface area contributed by atoms with Crippen LogP contribution in [-0.2, 0) is 0 Å². The summed E-state index contributed by atoms with van der Waals surface area (Å²) in [5.41, 5.74) is -0.493. The minimum absolute atomic E-state index is 0.399. The molecule has 1 heterocycles. The van der Waals surface area contributed by atoms with E-state index in [-0.39, 0.29) is 0 Å². The van der Waals surface area contributed by atoms with E-state index in [1.807, 2.05) is 0 Å². The van der Waals surface area contributed by atoms with E-state index in [1.54, 1.807) is 0 Å². The second-order valence-electron chi connectivity index (χ2n) is 1.82. The van der Waals surface area contributed by atoms with Crippen molar-refractivity contribution in [2.24, 2.45) is 0 Å². The first-order chi connectivity index (χ1) is 5.24. The molecular formula is C6H5BrN2O2. The molecule has 0 aliphatic rings. The van der Waals surface area contributed by atoms with Crippen LogP contribution < -0.4 is 11.2 Å². The quantitative estimate of drug-likeness (QED) is 0.716. The van der Waals surface area contributed by atoms with Crippen molar-refractivity contribution in [3.8, 4) is 0 Å². The van der Waals surface area contributed by atoms with Crippen molar-refractivity contribution in [3.05, 3.63) is 37.6 Å². The highest BCUT2D eigenvalue weighted by Crippen LogP contribution is 1.92. The molecule has 0 atom stereocenters. The Hall–Kier alpha value is -1.10. The Morgan fingerprint density at radius 2 is 2.18 bits per heavy atom. The highest BCUT2D eigenvalue weighted by Gasteiger charge is 1.92. The minimum atomic E-state index is -0.498. The van der Waals surface area contributed by atoms with Gasteiger partial charge < -0.3 is 4.98 Å². The molecule has 0 amide bonds. The van der Waals surface area contributed by atoms with E-state index in [2.05, 4.69) is 25.9 Å². The van der Waals surface area contributed by atoms with Gasteiger partial charge in [0.2, 0.25) is 0 Å². The number of H-pyrrole nitrogens is 2. The molecule has 1 rings (SSSR count). The summed E-state index contributed by atoms with van der Waals surface area (Å²) >= 11 is 3.01. The predicted molar refractivity (Wildman–Crippen MR) is 45.6 cm³/mol. The Morgan fingerprint density at radius 1 is 1.45 bits per heavy atom. The minimum Gasteiger partial charge on any atom is -0.314 e. The van der Waals surface area contributed by atoms with Gasteiger partial charge in [-0.2, -0.15) is 0 Å². The maximum atomic E-state index is 10.9. The van der Waals surface area contributed by atoms with Crippen LogP contribution in [0.3, 0.4) is 0 Å². The van der Waals surface area contributed by atoms with Gasteiger partial charge in [-0.05, 0) is 11.1 Å². The molecule has 0 unspecified atom stereocenters. The van der Waals surface area contributed by atoms with Gasteiger partial charge in [0, 0.05) is 6.20 Å². The summed E-state index contributed by atoms with van der Waals surface area (Å²) in [6.45, 7) is 0. The zero-order valence-corrected chi connectivity index (χ0v) is 7.01. The Kier molecular flexibility index (Phi) is 2.43. The fourth-order valence-electron chi connectivity index (χ4n) is 0.612. The molecule has 1 aromatic rings. The molecule has 11 heavy (non-hydrogen) atoms. The SMILES string of the molecule is O=c1[nH]cc(/C=C/[80Br])c(=O)[nH]1. The molecule has 0 spiro atoms. The van der Waals surface area contributed by atoms with Crippen LogP contribution in [0.4, 0.5) is 0 Å². The van der Waals surface area contributed by atoms with Gasteiger partial charge in [-0.15, -0.1) is 0 Å². The number of aromatic nitrogens is 2. The predicted octanol–water partition coefficient (Wildman–Crippen LogP) is 0.429. The molecular weight excluding hydrogens is 212 g/mol. The van der Waals surface area contributed by atoms with Gasteiger partial charge in [0.25, 0.3) is 5.56 Å². The molecule has 5 heteroatoms. The van der Waals surface area contributed by atoms with Gasteiger partial charge in [-0.25, -0.2) is 4.79 Å². The zero-order valence-electron chi connectivity index (χ0n) is 5.43. The number of nitrogens with one attached hydrogen (secondary N) is 2. The molecule has 0 saturated carbocycles. The number of rotatable bonds is 1. The fourth-order valence-corrected chi connectivity index (χ4v) is 0.897. The highest BCUT2D eigenvalue weighted by molar-refractivity contribution is 9.11. The number of hydrogen-bond donors (Lipinski definition) is 2. The van der Waals surface area contributed by atoms with E-state index in [9.17, 15) is 9.59 Å². The van der Waals surface area contributed by atoms with Gasteiger partial charge in [0.05, 0.1) is 5.56 Å². The van der Waals surface area contributed by atoms with Crippen LogP contribution in [0.25, 0.3) is 6.08 Å². The van der Waals surface area contributed by atoms with E-state index < -0.39 is 11.2 Å². The third-order valence-electron chi connectivity index (χ3n) is 1.09. The van der Waals surface area contributed by atoms with E-state index in [4.69, 9.17) is 0 Å². The van der Waals surface area contributed by atoms with E-state index >= 15 is 0 Å². The van der Waals surface area contributed by atoms with Crippen molar-refractivity contribution in [2.45, 2.75) is 0 Å². The van der Waals surface area contributed by atoms with Crippen LogP contribution >= 0.6 is 15.9 Å². The lowest BCUT2D eigenvalue weighted by atomic mass is 10.3. The Bertz CT molecular complexity index is 377. The van der Waals surface area contributed by atoms with Crippen molar-refractivity contribution in [2.75, 3.05) is 0 Å². The van der Waals surface area contributed by atoms with Crippen LogP contribution in [-0.4, -0.2) is 9.97 Å². The molecule has 58 valence electrons. The van der Waals surface area contributed by atoms with Crippen LogP contribution in [0.1, 0.15) is 5.56 Å². The number of halogens is 1. The maximum absolute atomic E-state index is 10.9. The summed E-state index contributed by atoms with van der Waals surface area (Å²) in [6.07, 6.45) is 2.88. The lowest BCUT2D eigenvalue weighted by Crippen LogP contribution is -2.22.